The van der Waals surface area contributed by atoms with Crippen LogP contribution in [-0.2, 0) is 20.7 Å². The van der Waals surface area contributed by atoms with Crippen molar-refractivity contribution in [1.29, 1.82) is 0 Å². The van der Waals surface area contributed by atoms with Crippen LogP contribution in [0.1, 0.15) is 17.7 Å². The van der Waals surface area contributed by atoms with Crippen molar-refractivity contribution < 1.29 is 19.4 Å². The number of carbonyl (C=O) groups is 2. The molecule has 1 aromatic heterocycles. The number of aliphatic carboxylic acids is 1. The second-order valence-corrected chi connectivity index (χ2v) is 3.34. The number of carboxylic acids is 1. The summed E-state index contributed by atoms with van der Waals surface area (Å²) in [6.07, 6.45) is 5.07. The quantitative estimate of drug-likeness (QED) is 0.778. The number of hydrogen-bond donors (Lipinski definition) is 1. The first-order chi connectivity index (χ1) is 8.11. The number of methoxy groups -OCH3 is 1. The van der Waals surface area contributed by atoms with E-state index in [1.54, 1.807) is 30.5 Å². The number of hydrogen-bond acceptors (Lipinski definition) is 4. The lowest BCUT2D eigenvalue weighted by Crippen LogP contribution is -2.01. The molecule has 0 saturated heterocycles. The maximum atomic E-state index is 10.8. The first-order valence-corrected chi connectivity index (χ1v) is 5.02. The van der Waals surface area contributed by atoms with Crippen molar-refractivity contribution in [2.75, 3.05) is 7.11 Å². The second-order valence-electron chi connectivity index (χ2n) is 3.34. The summed E-state index contributed by atoms with van der Waals surface area (Å²) >= 11 is 0. The summed E-state index contributed by atoms with van der Waals surface area (Å²) in [4.78, 5) is 25.2. The van der Waals surface area contributed by atoms with E-state index in [0.29, 0.717) is 5.69 Å². The summed E-state index contributed by atoms with van der Waals surface area (Å²) in [5.41, 5.74) is 1.31. The summed E-state index contributed by atoms with van der Waals surface area (Å²) < 4.78 is 4.48. The molecule has 0 unspecified atom stereocenters. The van der Waals surface area contributed by atoms with E-state index in [-0.39, 0.29) is 18.8 Å². The van der Waals surface area contributed by atoms with Gasteiger partial charge < -0.3 is 9.84 Å². The molecule has 0 saturated carbocycles. The van der Waals surface area contributed by atoms with E-state index >= 15 is 0 Å². The molecule has 0 aliphatic carbocycles. The lowest BCUT2D eigenvalue weighted by atomic mass is 10.2. The number of nitrogens with zero attached hydrogens (tertiary/aromatic N) is 1. The molecule has 0 aromatic carbocycles. The summed E-state index contributed by atoms with van der Waals surface area (Å²) in [7, 11) is 1.33. The number of pyridine rings is 1. The lowest BCUT2D eigenvalue weighted by molar-refractivity contribution is -0.139. The van der Waals surface area contributed by atoms with Gasteiger partial charge in [0.25, 0.3) is 0 Å². The van der Waals surface area contributed by atoms with Crippen molar-refractivity contribution in [3.8, 4) is 0 Å². The topological polar surface area (TPSA) is 76.5 Å². The maximum absolute atomic E-state index is 10.8. The van der Waals surface area contributed by atoms with Crippen molar-refractivity contribution in [3.63, 3.8) is 0 Å². The zero-order valence-corrected chi connectivity index (χ0v) is 9.42. The number of carboxylic acid groups (broad SMARTS) is 1. The van der Waals surface area contributed by atoms with Gasteiger partial charge in [-0.15, -0.1) is 0 Å². The largest absolute Gasteiger partial charge is 0.481 e. The van der Waals surface area contributed by atoms with E-state index in [1.165, 1.54) is 7.11 Å². The molecule has 5 heteroatoms. The van der Waals surface area contributed by atoms with Crippen LogP contribution in [0.3, 0.4) is 0 Å². The van der Waals surface area contributed by atoms with Crippen LogP contribution in [0.4, 0.5) is 0 Å². The Balaban J connectivity index is 2.56. The Hall–Kier alpha value is -2.17. The number of rotatable bonds is 5. The van der Waals surface area contributed by atoms with Crippen molar-refractivity contribution in [3.05, 3.63) is 35.7 Å². The van der Waals surface area contributed by atoms with Gasteiger partial charge >= 0.3 is 11.9 Å². The van der Waals surface area contributed by atoms with Crippen LogP contribution >= 0.6 is 0 Å². The first-order valence-electron chi connectivity index (χ1n) is 5.02. The molecule has 0 radical (unpaired) electrons. The lowest BCUT2D eigenvalue weighted by Gasteiger charge is -1.97. The molecule has 5 nitrogen and oxygen atoms in total. The molecule has 1 rings (SSSR count). The van der Waals surface area contributed by atoms with Gasteiger partial charge in [0.2, 0.25) is 0 Å². The van der Waals surface area contributed by atoms with E-state index in [0.717, 1.165) is 5.56 Å². The van der Waals surface area contributed by atoms with Crippen LogP contribution in [0.15, 0.2) is 24.4 Å². The maximum Gasteiger partial charge on any atom is 0.309 e. The highest BCUT2D eigenvalue weighted by Crippen LogP contribution is 2.04. The zero-order chi connectivity index (χ0) is 12.7. The third-order valence-electron chi connectivity index (χ3n) is 2.00. The predicted octanol–water partition coefficient (Wildman–Crippen LogP) is 1.28. The van der Waals surface area contributed by atoms with E-state index < -0.39 is 5.97 Å². The zero-order valence-electron chi connectivity index (χ0n) is 9.42. The summed E-state index contributed by atoms with van der Waals surface area (Å²) in [6.45, 7) is 0. The Morgan fingerprint density at radius 1 is 1.47 bits per heavy atom. The highest BCUT2D eigenvalue weighted by molar-refractivity contribution is 5.72. The van der Waals surface area contributed by atoms with Gasteiger partial charge in [-0.25, -0.2) is 0 Å². The summed E-state index contributed by atoms with van der Waals surface area (Å²) in [6, 6.07) is 3.39. The minimum absolute atomic E-state index is 0.0911. The second kappa shape index (κ2) is 6.42. The molecule has 90 valence electrons. The average Bonchev–Trinajstić information content (AvgIpc) is 2.30. The van der Waals surface area contributed by atoms with Gasteiger partial charge in [-0.2, -0.15) is 0 Å². The Bertz CT molecular complexity index is 423. The molecule has 1 aromatic rings. The van der Waals surface area contributed by atoms with Crippen LogP contribution in [0.25, 0.3) is 6.08 Å². The smallest absolute Gasteiger partial charge is 0.309 e. The fourth-order valence-electron chi connectivity index (χ4n) is 1.17. The summed E-state index contributed by atoms with van der Waals surface area (Å²) in [5, 5.41) is 8.56. The standard InChI is InChI=1S/C12H13NO4/c1-17-12(16)4-2-3-9-5-6-10(13-8-9)7-11(14)15/h2-3,5-6,8H,4,7H2,1H3,(H,14,15). The third-order valence-corrected chi connectivity index (χ3v) is 2.00. The molecule has 0 bridgehead atoms. The van der Waals surface area contributed by atoms with E-state index in [1.807, 2.05) is 0 Å². The third kappa shape index (κ3) is 4.92. The minimum atomic E-state index is -0.911. The van der Waals surface area contributed by atoms with Gasteiger partial charge in [0, 0.05) is 6.20 Å². The molecule has 1 heterocycles. The molecule has 0 amide bonds. The van der Waals surface area contributed by atoms with Crippen molar-refractivity contribution in [2.24, 2.45) is 0 Å². The minimum Gasteiger partial charge on any atom is -0.481 e. The fraction of sp³-hybridized carbons (Fsp3) is 0.250. The summed E-state index contributed by atoms with van der Waals surface area (Å²) in [5.74, 6) is -1.22. The van der Waals surface area contributed by atoms with Crippen LogP contribution in [-0.4, -0.2) is 29.1 Å². The molecule has 0 atom stereocenters. The Morgan fingerprint density at radius 3 is 2.76 bits per heavy atom. The van der Waals surface area contributed by atoms with Crippen LogP contribution in [0, 0.1) is 0 Å². The molecule has 0 aliphatic heterocycles. The van der Waals surface area contributed by atoms with E-state index in [4.69, 9.17) is 5.11 Å². The highest BCUT2D eigenvalue weighted by atomic mass is 16.5. The predicted molar refractivity (Wildman–Crippen MR) is 61.2 cm³/mol. The van der Waals surface area contributed by atoms with E-state index in [2.05, 4.69) is 9.72 Å². The SMILES string of the molecule is COC(=O)CC=Cc1ccc(CC(=O)O)nc1. The van der Waals surface area contributed by atoms with Crippen molar-refractivity contribution in [2.45, 2.75) is 12.8 Å². The van der Waals surface area contributed by atoms with Gasteiger partial charge in [-0.3, -0.25) is 14.6 Å². The molecule has 0 spiro atoms. The molecule has 17 heavy (non-hydrogen) atoms. The number of esters is 1. The molecule has 0 aliphatic rings. The van der Waals surface area contributed by atoms with Crippen LogP contribution < -0.4 is 0 Å². The fourth-order valence-corrected chi connectivity index (χ4v) is 1.17. The number of ether oxygens (including phenoxy) is 1. The van der Waals surface area contributed by atoms with Gasteiger partial charge in [-0.05, 0) is 11.6 Å². The highest BCUT2D eigenvalue weighted by Gasteiger charge is 2.00. The average molecular weight is 235 g/mol. The van der Waals surface area contributed by atoms with Crippen LogP contribution in [0.2, 0.25) is 0 Å². The van der Waals surface area contributed by atoms with Crippen molar-refractivity contribution >= 4 is 18.0 Å². The Morgan fingerprint density at radius 2 is 2.24 bits per heavy atom. The van der Waals surface area contributed by atoms with Crippen molar-refractivity contribution in [1.82, 2.24) is 4.98 Å². The van der Waals surface area contributed by atoms with E-state index in [9.17, 15) is 9.59 Å². The number of aromatic nitrogens is 1. The Labute approximate surface area is 98.7 Å². The Kier molecular flexibility index (Phi) is 4.87. The molecular weight excluding hydrogens is 222 g/mol. The normalized spacial score (nSPS) is 10.4. The van der Waals surface area contributed by atoms with Crippen LogP contribution in [0.5, 0.6) is 0 Å². The first kappa shape index (κ1) is 12.9. The monoisotopic (exact) mass is 235 g/mol. The van der Waals surface area contributed by atoms with Gasteiger partial charge in [0.15, 0.2) is 0 Å². The van der Waals surface area contributed by atoms with Gasteiger partial charge in [0.1, 0.15) is 0 Å². The molecule has 1 N–H and O–H groups in total. The molecular formula is C12H13NO4. The van der Waals surface area contributed by atoms with Gasteiger partial charge in [0.05, 0.1) is 25.6 Å². The van der Waals surface area contributed by atoms with Gasteiger partial charge in [-0.1, -0.05) is 18.2 Å². The molecule has 0 fully saturated rings. The number of carbonyl (C=O) groups excluding carboxylic acids is 1.